The molecule has 0 saturated carbocycles. The highest BCUT2D eigenvalue weighted by Gasteiger charge is 2.32. The molecule has 0 bridgehead atoms. The second kappa shape index (κ2) is 5.10. The highest BCUT2D eigenvalue weighted by Crippen LogP contribution is 2.24. The van der Waals surface area contributed by atoms with Crippen molar-refractivity contribution in [3.05, 3.63) is 17.3 Å². The predicted octanol–water partition coefficient (Wildman–Crippen LogP) is 1.49. The zero-order chi connectivity index (χ0) is 13.3. The Morgan fingerprint density at radius 2 is 2.28 bits per heavy atom. The Morgan fingerprint density at radius 1 is 1.56 bits per heavy atom. The van der Waals surface area contributed by atoms with Gasteiger partial charge in [-0.15, -0.1) is 0 Å². The molecule has 0 radical (unpaired) electrons. The SMILES string of the molecule is Cc1nc(C)c(C(=O)N2CCC(C)CC2CN)o1. The third-order valence-corrected chi connectivity index (χ3v) is 3.61. The number of amides is 1. The van der Waals surface area contributed by atoms with Gasteiger partial charge in [0.05, 0.1) is 5.69 Å². The fourth-order valence-electron chi connectivity index (χ4n) is 2.60. The fraction of sp³-hybridized carbons (Fsp3) is 0.692. The maximum atomic E-state index is 12.4. The highest BCUT2D eigenvalue weighted by molar-refractivity contribution is 5.92. The average Bonchev–Trinajstić information content (AvgIpc) is 2.67. The van der Waals surface area contributed by atoms with Crippen LogP contribution in [-0.4, -0.2) is 34.9 Å². The maximum absolute atomic E-state index is 12.4. The van der Waals surface area contributed by atoms with Crippen molar-refractivity contribution in [3.8, 4) is 0 Å². The number of rotatable bonds is 2. The molecule has 1 fully saturated rings. The van der Waals surface area contributed by atoms with E-state index in [2.05, 4.69) is 11.9 Å². The molecule has 100 valence electrons. The molecular weight excluding hydrogens is 230 g/mol. The van der Waals surface area contributed by atoms with Crippen molar-refractivity contribution in [3.63, 3.8) is 0 Å². The minimum Gasteiger partial charge on any atom is -0.436 e. The molecule has 2 heterocycles. The van der Waals surface area contributed by atoms with Gasteiger partial charge in [0.2, 0.25) is 5.76 Å². The normalized spacial score (nSPS) is 24.3. The van der Waals surface area contributed by atoms with E-state index in [-0.39, 0.29) is 11.9 Å². The molecule has 5 heteroatoms. The summed E-state index contributed by atoms with van der Waals surface area (Å²) >= 11 is 0. The molecule has 1 aromatic rings. The fourth-order valence-corrected chi connectivity index (χ4v) is 2.60. The Kier molecular flexibility index (Phi) is 3.71. The summed E-state index contributed by atoms with van der Waals surface area (Å²) in [4.78, 5) is 18.4. The minimum atomic E-state index is -0.0737. The lowest BCUT2D eigenvalue weighted by atomic mass is 9.92. The van der Waals surface area contributed by atoms with Crippen molar-refractivity contribution >= 4 is 5.91 Å². The van der Waals surface area contributed by atoms with Gasteiger partial charge >= 0.3 is 0 Å². The number of hydrogen-bond acceptors (Lipinski definition) is 4. The van der Waals surface area contributed by atoms with Crippen molar-refractivity contribution in [1.82, 2.24) is 9.88 Å². The third-order valence-electron chi connectivity index (χ3n) is 3.61. The van der Waals surface area contributed by atoms with Crippen molar-refractivity contribution in [2.45, 2.75) is 39.7 Å². The molecule has 1 aliphatic rings. The quantitative estimate of drug-likeness (QED) is 0.864. The molecule has 0 spiro atoms. The Balaban J connectivity index is 2.20. The molecule has 2 N–H and O–H groups in total. The standard InChI is InChI=1S/C13H21N3O2/c1-8-4-5-16(11(6-8)7-14)13(17)12-9(2)15-10(3)18-12/h8,11H,4-7,14H2,1-3H3. The van der Waals surface area contributed by atoms with Gasteiger partial charge < -0.3 is 15.1 Å². The van der Waals surface area contributed by atoms with E-state index in [1.165, 1.54) is 0 Å². The molecule has 18 heavy (non-hydrogen) atoms. The molecule has 2 rings (SSSR count). The first-order valence-electron chi connectivity index (χ1n) is 6.48. The van der Waals surface area contributed by atoms with E-state index in [0.717, 1.165) is 19.4 Å². The topological polar surface area (TPSA) is 72.4 Å². The summed E-state index contributed by atoms with van der Waals surface area (Å²) in [5, 5.41) is 0. The van der Waals surface area contributed by atoms with Gasteiger partial charge in [-0.3, -0.25) is 4.79 Å². The largest absolute Gasteiger partial charge is 0.436 e. The first-order chi connectivity index (χ1) is 8.52. The minimum absolute atomic E-state index is 0.0737. The molecule has 1 amide bonds. The lowest BCUT2D eigenvalue weighted by molar-refractivity contribution is 0.0539. The number of likely N-dealkylation sites (tertiary alicyclic amines) is 1. The Hall–Kier alpha value is -1.36. The van der Waals surface area contributed by atoms with E-state index in [9.17, 15) is 4.79 Å². The summed E-state index contributed by atoms with van der Waals surface area (Å²) in [6, 6.07) is 0.117. The first-order valence-corrected chi connectivity index (χ1v) is 6.48. The average molecular weight is 251 g/mol. The van der Waals surface area contributed by atoms with Crippen LogP contribution in [0.4, 0.5) is 0 Å². The molecule has 0 aliphatic carbocycles. The van der Waals surface area contributed by atoms with Gasteiger partial charge in [-0.2, -0.15) is 0 Å². The van der Waals surface area contributed by atoms with Gasteiger partial charge in [-0.25, -0.2) is 4.98 Å². The number of piperidine rings is 1. The number of nitrogens with zero attached hydrogens (tertiary/aromatic N) is 2. The summed E-state index contributed by atoms with van der Waals surface area (Å²) in [7, 11) is 0. The van der Waals surface area contributed by atoms with Gasteiger partial charge in [-0.05, 0) is 25.7 Å². The van der Waals surface area contributed by atoms with Crippen LogP contribution in [0.15, 0.2) is 4.42 Å². The van der Waals surface area contributed by atoms with E-state index < -0.39 is 0 Å². The van der Waals surface area contributed by atoms with Crippen LogP contribution in [0.1, 0.15) is 41.9 Å². The van der Waals surface area contributed by atoms with E-state index in [1.807, 2.05) is 4.90 Å². The van der Waals surface area contributed by atoms with Crippen LogP contribution in [0.3, 0.4) is 0 Å². The van der Waals surface area contributed by atoms with Crippen molar-refractivity contribution < 1.29 is 9.21 Å². The Morgan fingerprint density at radius 3 is 2.83 bits per heavy atom. The second-order valence-corrected chi connectivity index (χ2v) is 5.17. The molecule has 1 saturated heterocycles. The number of aromatic nitrogens is 1. The van der Waals surface area contributed by atoms with Crippen LogP contribution in [-0.2, 0) is 0 Å². The zero-order valence-corrected chi connectivity index (χ0v) is 11.3. The van der Waals surface area contributed by atoms with Gasteiger partial charge in [0, 0.05) is 26.1 Å². The van der Waals surface area contributed by atoms with Crippen LogP contribution >= 0.6 is 0 Å². The molecule has 5 nitrogen and oxygen atoms in total. The van der Waals surface area contributed by atoms with E-state index in [1.54, 1.807) is 13.8 Å². The summed E-state index contributed by atoms with van der Waals surface area (Å²) in [6.45, 7) is 7.01. The number of carbonyl (C=O) groups excluding carboxylic acids is 1. The van der Waals surface area contributed by atoms with Gasteiger partial charge in [-0.1, -0.05) is 6.92 Å². The number of hydrogen-bond donors (Lipinski definition) is 1. The molecule has 2 atom stereocenters. The Bertz CT molecular complexity index is 441. The van der Waals surface area contributed by atoms with Crippen LogP contribution in [0.25, 0.3) is 0 Å². The van der Waals surface area contributed by atoms with Crippen LogP contribution in [0.5, 0.6) is 0 Å². The smallest absolute Gasteiger partial charge is 0.291 e. The van der Waals surface area contributed by atoms with Crippen molar-refractivity contribution in [2.75, 3.05) is 13.1 Å². The lowest BCUT2D eigenvalue weighted by Crippen LogP contribution is -2.49. The predicted molar refractivity (Wildman–Crippen MR) is 68.3 cm³/mol. The number of nitrogens with two attached hydrogens (primary N) is 1. The van der Waals surface area contributed by atoms with Crippen LogP contribution in [0, 0.1) is 19.8 Å². The van der Waals surface area contributed by atoms with Crippen molar-refractivity contribution in [1.29, 1.82) is 0 Å². The van der Waals surface area contributed by atoms with E-state index in [4.69, 9.17) is 10.2 Å². The summed E-state index contributed by atoms with van der Waals surface area (Å²) in [5.41, 5.74) is 6.43. The lowest BCUT2D eigenvalue weighted by Gasteiger charge is -2.37. The molecule has 1 aromatic heterocycles. The second-order valence-electron chi connectivity index (χ2n) is 5.17. The molecule has 0 aromatic carbocycles. The monoisotopic (exact) mass is 251 g/mol. The van der Waals surface area contributed by atoms with Gasteiger partial charge in [0.1, 0.15) is 0 Å². The molecule has 1 aliphatic heterocycles. The number of aryl methyl sites for hydroxylation is 2. The van der Waals surface area contributed by atoms with E-state index >= 15 is 0 Å². The summed E-state index contributed by atoms with van der Waals surface area (Å²) in [6.07, 6.45) is 1.99. The number of carbonyl (C=O) groups is 1. The van der Waals surface area contributed by atoms with Crippen LogP contribution < -0.4 is 5.73 Å². The molecule has 2 unspecified atom stereocenters. The molecular formula is C13H21N3O2. The summed E-state index contributed by atoms with van der Waals surface area (Å²) in [5.74, 6) is 1.45. The zero-order valence-electron chi connectivity index (χ0n) is 11.3. The van der Waals surface area contributed by atoms with Crippen LogP contribution in [0.2, 0.25) is 0 Å². The van der Waals surface area contributed by atoms with Gasteiger partial charge in [0.15, 0.2) is 5.89 Å². The first kappa shape index (κ1) is 13.1. The Labute approximate surface area is 107 Å². The summed E-state index contributed by atoms with van der Waals surface area (Å²) < 4.78 is 5.41. The number of oxazole rings is 1. The van der Waals surface area contributed by atoms with Gasteiger partial charge in [0.25, 0.3) is 5.91 Å². The van der Waals surface area contributed by atoms with E-state index in [0.29, 0.717) is 29.8 Å². The highest BCUT2D eigenvalue weighted by atomic mass is 16.4. The third kappa shape index (κ3) is 2.41. The maximum Gasteiger partial charge on any atom is 0.291 e. The van der Waals surface area contributed by atoms with Crippen molar-refractivity contribution in [2.24, 2.45) is 11.7 Å².